The number of hydrogen-bond acceptors (Lipinski definition) is 0. The van der Waals surface area contributed by atoms with Gasteiger partial charge < -0.3 is 0 Å². The minimum Gasteiger partial charge on any atom is -0.0767 e. The van der Waals surface area contributed by atoms with Crippen LogP contribution in [0, 0.1) is 6.42 Å². The van der Waals surface area contributed by atoms with E-state index in [1.54, 1.807) is 0 Å². The van der Waals surface area contributed by atoms with Gasteiger partial charge in [-0.25, -0.2) is 0 Å². The van der Waals surface area contributed by atoms with Gasteiger partial charge in [-0.15, -0.1) is 0 Å². The standard InChI is InChI=1S/C5H5.Ga.2H2/c1-2-4-5-3-1;;;/h1-5H;;2*1H. The molecule has 0 fully saturated rings. The van der Waals surface area contributed by atoms with E-state index in [4.69, 9.17) is 0 Å². The zero-order valence-electron chi connectivity index (χ0n) is 3.46. The molecule has 0 nitrogen and oxygen atoms in total. The van der Waals surface area contributed by atoms with Crippen molar-refractivity contribution in [3.63, 3.8) is 0 Å². The van der Waals surface area contributed by atoms with Gasteiger partial charge in [0.15, 0.2) is 0 Å². The molecular weight excluding hydrogens is 130 g/mol. The Labute approximate surface area is 54.0 Å². The van der Waals surface area contributed by atoms with Crippen molar-refractivity contribution in [1.82, 2.24) is 0 Å². The van der Waals surface area contributed by atoms with Crippen LogP contribution in [0.4, 0.5) is 0 Å². The molecule has 0 atom stereocenters. The summed E-state index contributed by atoms with van der Waals surface area (Å²) >= 11 is 0. The van der Waals surface area contributed by atoms with Gasteiger partial charge in [0, 0.05) is 29.1 Å². The van der Waals surface area contributed by atoms with Crippen LogP contribution in [0.2, 0.25) is 0 Å². The Hall–Kier alpha value is 0.116. The van der Waals surface area contributed by atoms with E-state index in [1.807, 2.05) is 30.7 Å². The van der Waals surface area contributed by atoms with Crippen LogP contribution in [0.25, 0.3) is 0 Å². The Morgan fingerprint density at radius 2 is 1.33 bits per heavy atom. The monoisotopic (exact) mass is 138 g/mol. The van der Waals surface area contributed by atoms with Gasteiger partial charge in [-0.2, -0.15) is 0 Å². The zero-order chi connectivity index (χ0) is 3.54. The van der Waals surface area contributed by atoms with Gasteiger partial charge in [-0.3, -0.25) is 0 Å². The van der Waals surface area contributed by atoms with Gasteiger partial charge in [0.05, 0.1) is 0 Å². The van der Waals surface area contributed by atoms with Crippen molar-refractivity contribution in [2.45, 2.75) is 0 Å². The molecule has 0 unspecified atom stereocenters. The smallest absolute Gasteiger partial charge is 0.00506 e. The van der Waals surface area contributed by atoms with Gasteiger partial charge in [0.1, 0.15) is 0 Å². The van der Waals surface area contributed by atoms with Gasteiger partial charge >= 0.3 is 0 Å². The number of rotatable bonds is 0. The summed E-state index contributed by atoms with van der Waals surface area (Å²) in [4.78, 5) is 0. The third-order valence-electron chi connectivity index (χ3n) is 0.556. The Kier molecular flexibility index (Phi) is 3.38. The molecule has 1 heteroatoms. The second-order valence-corrected chi connectivity index (χ2v) is 0.962. The van der Waals surface area contributed by atoms with Crippen LogP contribution in [-0.2, 0) is 0 Å². The molecule has 1 rings (SSSR count). The van der Waals surface area contributed by atoms with E-state index in [0.29, 0.717) is 0 Å². The van der Waals surface area contributed by atoms with Crippen molar-refractivity contribution >= 4 is 19.8 Å². The van der Waals surface area contributed by atoms with Crippen molar-refractivity contribution in [1.29, 1.82) is 0 Å². The molecule has 32 valence electrons. The molecule has 0 aromatic heterocycles. The Balaban J connectivity index is -0.0000000833. The van der Waals surface area contributed by atoms with E-state index in [1.165, 1.54) is 0 Å². The summed E-state index contributed by atoms with van der Waals surface area (Å²) in [6.45, 7) is 0. The normalized spacial score (nSPS) is 14.7. The molecule has 0 amide bonds. The van der Waals surface area contributed by atoms with Crippen LogP contribution in [0.3, 0.4) is 0 Å². The zero-order valence-corrected chi connectivity index (χ0v) is 5.89. The van der Waals surface area contributed by atoms with Gasteiger partial charge in [0.25, 0.3) is 0 Å². The van der Waals surface area contributed by atoms with Crippen molar-refractivity contribution in [3.05, 3.63) is 30.7 Å². The molecule has 0 aromatic rings. The van der Waals surface area contributed by atoms with E-state index >= 15 is 0 Å². The van der Waals surface area contributed by atoms with Crippen molar-refractivity contribution in [3.8, 4) is 0 Å². The largest absolute Gasteiger partial charge is 0.0767 e. The molecular formula is C5H9Ga. The quantitative estimate of drug-likeness (QED) is 0.445. The third-order valence-corrected chi connectivity index (χ3v) is 0.556. The maximum absolute atomic E-state index is 2.00. The molecule has 6 heavy (non-hydrogen) atoms. The SMILES string of the molecule is [CH]1C=CC=C1.[Ga].[HH].[HH]. The molecule has 0 spiro atoms. The van der Waals surface area contributed by atoms with Crippen molar-refractivity contribution < 1.29 is 2.85 Å². The van der Waals surface area contributed by atoms with Crippen LogP contribution >= 0.6 is 0 Å². The fourth-order valence-electron chi connectivity index (χ4n) is 0.321. The average Bonchev–Trinajstić information content (AvgIpc) is 1.76. The van der Waals surface area contributed by atoms with E-state index in [0.717, 1.165) is 0 Å². The molecule has 0 saturated carbocycles. The predicted octanol–water partition coefficient (Wildman–Crippen LogP) is 1.43. The van der Waals surface area contributed by atoms with Crippen LogP contribution < -0.4 is 0 Å². The first-order valence-corrected chi connectivity index (χ1v) is 1.67. The average molecular weight is 139 g/mol. The first-order valence-electron chi connectivity index (χ1n) is 1.67. The topological polar surface area (TPSA) is 0 Å². The fraction of sp³-hybridized carbons (Fsp3) is 0. The first kappa shape index (κ1) is 6.12. The van der Waals surface area contributed by atoms with Gasteiger partial charge in [0.2, 0.25) is 0 Å². The van der Waals surface area contributed by atoms with Gasteiger partial charge in [-0.1, -0.05) is 24.3 Å². The maximum atomic E-state index is 2.00. The van der Waals surface area contributed by atoms with E-state index in [-0.39, 0.29) is 22.6 Å². The summed E-state index contributed by atoms with van der Waals surface area (Å²) in [6, 6.07) is 0. The molecule has 4 radical (unpaired) electrons. The van der Waals surface area contributed by atoms with Crippen LogP contribution in [0.5, 0.6) is 0 Å². The summed E-state index contributed by atoms with van der Waals surface area (Å²) in [7, 11) is 0. The molecule has 0 bridgehead atoms. The van der Waals surface area contributed by atoms with Crippen LogP contribution in [0.15, 0.2) is 24.3 Å². The number of allylic oxidation sites excluding steroid dienone is 4. The third kappa shape index (κ3) is 1.53. The molecule has 0 aliphatic heterocycles. The summed E-state index contributed by atoms with van der Waals surface area (Å²) in [6.07, 6.45) is 10.0. The van der Waals surface area contributed by atoms with Crippen LogP contribution in [0.1, 0.15) is 2.85 Å². The second-order valence-electron chi connectivity index (χ2n) is 0.962. The fourth-order valence-corrected chi connectivity index (χ4v) is 0.321. The van der Waals surface area contributed by atoms with Crippen molar-refractivity contribution in [2.24, 2.45) is 0 Å². The first-order chi connectivity index (χ1) is 2.50. The van der Waals surface area contributed by atoms with Crippen LogP contribution in [-0.4, -0.2) is 19.8 Å². The Morgan fingerprint density at radius 3 is 1.50 bits per heavy atom. The van der Waals surface area contributed by atoms with E-state index in [9.17, 15) is 0 Å². The summed E-state index contributed by atoms with van der Waals surface area (Å²) in [5, 5.41) is 0. The molecule has 0 saturated heterocycles. The second kappa shape index (κ2) is 3.31. The molecule has 0 aromatic carbocycles. The summed E-state index contributed by atoms with van der Waals surface area (Å²) in [5.41, 5.74) is 0. The maximum Gasteiger partial charge on any atom is 0.00506 e. The number of hydrogen-bond donors (Lipinski definition) is 0. The minimum absolute atomic E-state index is 0. The van der Waals surface area contributed by atoms with E-state index < -0.39 is 0 Å². The van der Waals surface area contributed by atoms with Gasteiger partial charge in [-0.05, 0) is 0 Å². The molecule has 0 N–H and O–H groups in total. The minimum atomic E-state index is 0. The molecule has 1 aliphatic carbocycles. The Bertz CT molecular complexity index is 68.5. The molecule has 1 aliphatic rings. The Morgan fingerprint density at radius 1 is 0.833 bits per heavy atom. The summed E-state index contributed by atoms with van der Waals surface area (Å²) < 4.78 is 0. The molecule has 0 heterocycles. The van der Waals surface area contributed by atoms with E-state index in [2.05, 4.69) is 0 Å². The predicted molar refractivity (Wildman–Crippen MR) is 32.6 cm³/mol. The summed E-state index contributed by atoms with van der Waals surface area (Å²) in [5.74, 6) is 0. The van der Waals surface area contributed by atoms with Crippen molar-refractivity contribution in [2.75, 3.05) is 0 Å².